The van der Waals surface area contributed by atoms with Gasteiger partial charge >= 0.3 is 12.1 Å². The Morgan fingerprint density at radius 1 is 1.09 bits per heavy atom. The van der Waals surface area contributed by atoms with Gasteiger partial charge in [-0.2, -0.15) is 0 Å². The Balaban J connectivity index is 2.13. The molecule has 0 aliphatic carbocycles. The Labute approximate surface area is 130 Å². The molecule has 1 saturated heterocycles. The van der Waals surface area contributed by atoms with Gasteiger partial charge in [-0.05, 0) is 46.7 Å². The summed E-state index contributed by atoms with van der Waals surface area (Å²) in [5.41, 5.74) is -0.559. The Kier molecular flexibility index (Phi) is 7.10. The van der Waals surface area contributed by atoms with E-state index in [-0.39, 0.29) is 24.9 Å². The summed E-state index contributed by atoms with van der Waals surface area (Å²) in [5.74, 6) is -0.369. The highest BCUT2D eigenvalue weighted by molar-refractivity contribution is 5.95. The summed E-state index contributed by atoms with van der Waals surface area (Å²) in [4.78, 5) is 34.7. The highest BCUT2D eigenvalue weighted by Crippen LogP contribution is 2.11. The van der Waals surface area contributed by atoms with E-state index in [0.29, 0.717) is 0 Å². The second kappa shape index (κ2) is 8.57. The molecule has 1 heterocycles. The number of rotatable bonds is 4. The highest BCUT2D eigenvalue weighted by atomic mass is 16.6. The summed E-state index contributed by atoms with van der Waals surface area (Å²) in [6.45, 7) is 7.33. The fraction of sp³-hybridized carbons (Fsp3) is 0.786. The molecule has 1 rings (SSSR count). The third-order valence-electron chi connectivity index (χ3n) is 3.03. The fourth-order valence-corrected chi connectivity index (χ4v) is 2.00. The van der Waals surface area contributed by atoms with Crippen LogP contribution in [0.2, 0.25) is 0 Å². The standard InChI is InChI=1S/C14H26N4O4/c1-14(2,3)22-13(21)17-9-8-16-12(20)18-11(19)10-4-6-15-7-5-10/h10,15H,4-9H2,1-3H3,(H,17,21)(H2,16,18,19,20). The van der Waals surface area contributed by atoms with E-state index in [2.05, 4.69) is 21.3 Å². The summed E-state index contributed by atoms with van der Waals surface area (Å²) in [5, 5.41) is 10.5. The summed E-state index contributed by atoms with van der Waals surface area (Å²) in [6, 6.07) is -0.547. The van der Waals surface area contributed by atoms with Gasteiger partial charge in [-0.15, -0.1) is 0 Å². The van der Waals surface area contributed by atoms with Crippen molar-refractivity contribution in [3.63, 3.8) is 0 Å². The van der Waals surface area contributed by atoms with Crippen LogP contribution < -0.4 is 21.3 Å². The molecule has 0 saturated carbocycles. The van der Waals surface area contributed by atoms with Crippen LogP contribution in [0.4, 0.5) is 9.59 Å². The average molecular weight is 314 g/mol. The molecular weight excluding hydrogens is 288 g/mol. The largest absolute Gasteiger partial charge is 0.444 e. The number of carbonyl (C=O) groups is 3. The first-order valence-corrected chi connectivity index (χ1v) is 7.54. The van der Waals surface area contributed by atoms with Gasteiger partial charge in [-0.3, -0.25) is 10.1 Å². The summed E-state index contributed by atoms with van der Waals surface area (Å²) in [6.07, 6.45) is 0.930. The van der Waals surface area contributed by atoms with E-state index in [9.17, 15) is 14.4 Å². The molecule has 0 aromatic carbocycles. The molecule has 1 fully saturated rings. The van der Waals surface area contributed by atoms with E-state index in [1.165, 1.54) is 0 Å². The van der Waals surface area contributed by atoms with E-state index < -0.39 is 17.7 Å². The Morgan fingerprint density at radius 3 is 2.27 bits per heavy atom. The first-order valence-electron chi connectivity index (χ1n) is 7.54. The van der Waals surface area contributed by atoms with E-state index in [4.69, 9.17) is 4.74 Å². The molecule has 0 bridgehead atoms. The van der Waals surface area contributed by atoms with Gasteiger partial charge in [0.2, 0.25) is 5.91 Å². The molecule has 0 aromatic rings. The number of alkyl carbamates (subject to hydrolysis) is 1. The Hall–Kier alpha value is -1.83. The lowest BCUT2D eigenvalue weighted by Gasteiger charge is -2.21. The molecule has 0 unspecified atom stereocenters. The molecule has 22 heavy (non-hydrogen) atoms. The fourth-order valence-electron chi connectivity index (χ4n) is 2.00. The monoisotopic (exact) mass is 314 g/mol. The van der Waals surface area contributed by atoms with Gasteiger partial charge in [-0.1, -0.05) is 0 Å². The van der Waals surface area contributed by atoms with Crippen LogP contribution in [0.25, 0.3) is 0 Å². The highest BCUT2D eigenvalue weighted by Gasteiger charge is 2.22. The normalized spacial score (nSPS) is 15.8. The zero-order valence-electron chi connectivity index (χ0n) is 13.5. The van der Waals surface area contributed by atoms with Crippen molar-refractivity contribution < 1.29 is 19.1 Å². The molecule has 1 aliphatic rings. The van der Waals surface area contributed by atoms with Crippen molar-refractivity contribution in [2.75, 3.05) is 26.2 Å². The topological polar surface area (TPSA) is 109 Å². The minimum absolute atomic E-state index is 0.119. The second-order valence-corrected chi connectivity index (χ2v) is 6.20. The van der Waals surface area contributed by atoms with Crippen LogP contribution in [0, 0.1) is 5.92 Å². The first-order chi connectivity index (χ1) is 10.3. The Bertz CT molecular complexity index is 400. The summed E-state index contributed by atoms with van der Waals surface area (Å²) >= 11 is 0. The maximum absolute atomic E-state index is 11.8. The molecule has 126 valence electrons. The molecule has 1 aliphatic heterocycles. The predicted molar refractivity (Wildman–Crippen MR) is 81.4 cm³/mol. The van der Waals surface area contributed by atoms with E-state index >= 15 is 0 Å². The minimum Gasteiger partial charge on any atom is -0.444 e. The van der Waals surface area contributed by atoms with E-state index in [1.54, 1.807) is 20.8 Å². The lowest BCUT2D eigenvalue weighted by atomic mass is 9.97. The van der Waals surface area contributed by atoms with Crippen LogP contribution in [0.5, 0.6) is 0 Å². The number of imide groups is 1. The van der Waals surface area contributed by atoms with Gasteiger partial charge in [0.25, 0.3) is 0 Å². The quantitative estimate of drug-likeness (QED) is 0.560. The summed E-state index contributed by atoms with van der Waals surface area (Å²) < 4.78 is 5.05. The predicted octanol–water partition coefficient (Wildman–Crippen LogP) is 0.337. The number of nitrogens with one attached hydrogen (secondary N) is 4. The minimum atomic E-state index is -0.559. The molecule has 4 N–H and O–H groups in total. The smallest absolute Gasteiger partial charge is 0.407 e. The van der Waals surface area contributed by atoms with Gasteiger partial charge in [0.05, 0.1) is 0 Å². The number of piperidine rings is 1. The molecule has 0 radical (unpaired) electrons. The van der Waals surface area contributed by atoms with Crippen molar-refractivity contribution in [2.45, 2.75) is 39.2 Å². The van der Waals surface area contributed by atoms with Crippen LogP contribution >= 0.6 is 0 Å². The van der Waals surface area contributed by atoms with Crippen molar-refractivity contribution >= 4 is 18.0 Å². The van der Waals surface area contributed by atoms with Crippen LogP contribution in [-0.4, -0.2) is 49.8 Å². The average Bonchev–Trinajstić information content (AvgIpc) is 2.42. The SMILES string of the molecule is CC(C)(C)OC(=O)NCCNC(=O)NC(=O)C1CCNCC1. The van der Waals surface area contributed by atoms with Crippen LogP contribution in [0.3, 0.4) is 0 Å². The van der Waals surface area contributed by atoms with Crippen molar-refractivity contribution in [1.29, 1.82) is 0 Å². The maximum Gasteiger partial charge on any atom is 0.407 e. The van der Waals surface area contributed by atoms with E-state index in [1.807, 2.05) is 0 Å². The maximum atomic E-state index is 11.8. The lowest BCUT2D eigenvalue weighted by Crippen LogP contribution is -2.46. The zero-order valence-corrected chi connectivity index (χ0v) is 13.5. The number of hydrogen-bond acceptors (Lipinski definition) is 5. The molecule has 0 spiro atoms. The molecule has 0 atom stereocenters. The lowest BCUT2D eigenvalue weighted by molar-refractivity contribution is -0.124. The van der Waals surface area contributed by atoms with Gasteiger partial charge in [0, 0.05) is 19.0 Å². The third kappa shape index (κ3) is 7.82. The number of urea groups is 1. The van der Waals surface area contributed by atoms with Crippen LogP contribution in [-0.2, 0) is 9.53 Å². The van der Waals surface area contributed by atoms with Crippen LogP contribution in [0.15, 0.2) is 0 Å². The molecule has 0 aromatic heterocycles. The second-order valence-electron chi connectivity index (χ2n) is 6.20. The van der Waals surface area contributed by atoms with Gasteiger partial charge in [0.1, 0.15) is 5.60 Å². The van der Waals surface area contributed by atoms with Crippen molar-refractivity contribution in [2.24, 2.45) is 5.92 Å². The van der Waals surface area contributed by atoms with Crippen molar-refractivity contribution in [1.82, 2.24) is 21.3 Å². The summed E-state index contributed by atoms with van der Waals surface area (Å²) in [7, 11) is 0. The molecule has 8 nitrogen and oxygen atoms in total. The Morgan fingerprint density at radius 2 is 1.68 bits per heavy atom. The van der Waals surface area contributed by atoms with Gasteiger partial charge in [0.15, 0.2) is 0 Å². The van der Waals surface area contributed by atoms with Crippen LogP contribution in [0.1, 0.15) is 33.6 Å². The van der Waals surface area contributed by atoms with Gasteiger partial charge < -0.3 is 20.7 Å². The first kappa shape index (κ1) is 18.2. The molecule has 8 heteroatoms. The number of amides is 4. The number of hydrogen-bond donors (Lipinski definition) is 4. The van der Waals surface area contributed by atoms with E-state index in [0.717, 1.165) is 25.9 Å². The van der Waals surface area contributed by atoms with Crippen molar-refractivity contribution in [3.05, 3.63) is 0 Å². The molecular formula is C14H26N4O4. The van der Waals surface area contributed by atoms with Crippen molar-refractivity contribution in [3.8, 4) is 0 Å². The van der Waals surface area contributed by atoms with Gasteiger partial charge in [-0.25, -0.2) is 9.59 Å². The number of ether oxygens (including phenoxy) is 1. The molecule has 4 amide bonds. The zero-order chi connectivity index (χ0) is 16.6. The third-order valence-corrected chi connectivity index (χ3v) is 3.03. The number of carbonyl (C=O) groups excluding carboxylic acids is 3.